The molecule has 0 fully saturated rings. The first-order valence-corrected chi connectivity index (χ1v) is 14.9. The normalized spacial score (nSPS) is 15.6. The average Bonchev–Trinajstić information content (AvgIpc) is 2.83. The molecule has 1 aliphatic heterocycles. The van der Waals surface area contributed by atoms with Gasteiger partial charge < -0.3 is 4.90 Å². The summed E-state index contributed by atoms with van der Waals surface area (Å²) in [6.45, 7) is 12.2. The van der Waals surface area contributed by atoms with Crippen LogP contribution in [0.2, 0.25) is 0 Å². The maximum Gasteiger partial charge on any atom is 0.262 e. The number of carbonyl (C=O) groups excluding carboxylic acids is 1. The van der Waals surface area contributed by atoms with Gasteiger partial charge in [-0.3, -0.25) is 9.52 Å². The molecule has 0 saturated heterocycles. The van der Waals surface area contributed by atoms with Gasteiger partial charge >= 0.3 is 0 Å². The predicted molar refractivity (Wildman–Crippen MR) is 152 cm³/mol. The number of hydrogen-bond acceptors (Lipinski definition) is 3. The Kier molecular flexibility index (Phi) is 7.43. The lowest BCUT2D eigenvalue weighted by Crippen LogP contribution is -2.42. The molecule has 1 heterocycles. The number of sulfonamides is 1. The molecule has 4 rings (SSSR count). The predicted octanol–water partition coefficient (Wildman–Crippen LogP) is 7.14. The second-order valence-corrected chi connectivity index (χ2v) is 12.9. The van der Waals surface area contributed by atoms with E-state index in [1.54, 1.807) is 24.3 Å². The summed E-state index contributed by atoms with van der Waals surface area (Å²) in [5.41, 5.74) is 7.86. The molecule has 1 unspecified atom stereocenters. The van der Waals surface area contributed by atoms with Crippen molar-refractivity contribution < 1.29 is 13.2 Å². The van der Waals surface area contributed by atoms with E-state index in [-0.39, 0.29) is 11.9 Å². The Hall–Kier alpha value is -2.16. The molecule has 0 bridgehead atoms. The van der Waals surface area contributed by atoms with Crippen molar-refractivity contribution in [3.63, 3.8) is 0 Å². The number of amides is 1. The van der Waals surface area contributed by atoms with Crippen LogP contribution in [0.3, 0.4) is 0 Å². The Morgan fingerprint density at radius 3 is 1.89 bits per heavy atom. The maximum atomic E-state index is 13.4. The summed E-state index contributed by atoms with van der Waals surface area (Å²) in [6, 6.07) is 10.7. The molecule has 36 heavy (non-hydrogen) atoms. The molecule has 1 N–H and O–H groups in total. The molecule has 190 valence electrons. The topological polar surface area (TPSA) is 66.5 Å². The first-order valence-electron chi connectivity index (χ1n) is 11.8. The van der Waals surface area contributed by atoms with Crippen LogP contribution in [0.4, 0.5) is 5.69 Å². The highest BCUT2D eigenvalue weighted by molar-refractivity contribution is 9.11. The number of rotatable bonds is 4. The minimum absolute atomic E-state index is 0.0350. The highest BCUT2D eigenvalue weighted by Gasteiger charge is 2.30. The molecule has 0 aromatic heterocycles. The van der Waals surface area contributed by atoms with Crippen LogP contribution >= 0.6 is 31.9 Å². The van der Waals surface area contributed by atoms with Gasteiger partial charge in [-0.2, -0.15) is 0 Å². The number of nitrogens with zero attached hydrogens (tertiary/aromatic N) is 1. The summed E-state index contributed by atoms with van der Waals surface area (Å²) in [5, 5.41) is 0. The fourth-order valence-electron chi connectivity index (χ4n) is 4.95. The van der Waals surface area contributed by atoms with Gasteiger partial charge in [0.15, 0.2) is 0 Å². The Balaban J connectivity index is 1.58. The highest BCUT2D eigenvalue weighted by atomic mass is 79.9. The number of halogens is 2. The number of nitrogens with one attached hydrogen (secondary N) is 1. The standard InChI is InChI=1S/C28H30Br2N2O3S/c1-15-13-23-24(26(30)12-11-25(23)29)14-32(15)28(33)21-7-9-22(10-8-21)31-36(34,35)27-19(5)17(3)16(2)18(4)20(27)6/h7-12,15,31H,13-14H2,1-6H3. The van der Waals surface area contributed by atoms with Crippen molar-refractivity contribution in [3.05, 3.63) is 89.9 Å². The minimum atomic E-state index is -3.80. The van der Waals surface area contributed by atoms with Gasteiger partial charge in [0.2, 0.25) is 0 Å². The molecule has 1 amide bonds. The summed E-state index contributed by atoms with van der Waals surface area (Å²) >= 11 is 7.26. The molecule has 3 aromatic rings. The third-order valence-electron chi connectivity index (χ3n) is 7.52. The van der Waals surface area contributed by atoms with Crippen LogP contribution in [0.5, 0.6) is 0 Å². The lowest BCUT2D eigenvalue weighted by molar-refractivity contribution is 0.0657. The van der Waals surface area contributed by atoms with Gasteiger partial charge in [0.25, 0.3) is 15.9 Å². The van der Waals surface area contributed by atoms with Crippen molar-refractivity contribution >= 4 is 53.5 Å². The zero-order valence-corrected chi connectivity index (χ0v) is 25.3. The van der Waals surface area contributed by atoms with E-state index in [4.69, 9.17) is 0 Å². The molecule has 0 aliphatic carbocycles. The number of hydrogen-bond donors (Lipinski definition) is 1. The quantitative estimate of drug-likeness (QED) is 0.332. The SMILES string of the molecule is Cc1c(C)c(C)c(S(=O)(=O)Nc2ccc(C(=O)N3Cc4c(Br)ccc(Br)c4CC3C)cc2)c(C)c1C. The van der Waals surface area contributed by atoms with E-state index < -0.39 is 10.0 Å². The third-order valence-corrected chi connectivity index (χ3v) is 10.7. The molecular weight excluding hydrogens is 604 g/mol. The number of fused-ring (bicyclic) bond motifs is 1. The molecule has 0 spiro atoms. The van der Waals surface area contributed by atoms with Gasteiger partial charge in [-0.05, 0) is 123 Å². The number of anilines is 1. The third kappa shape index (κ3) is 4.75. The first kappa shape index (κ1) is 26.9. The summed E-state index contributed by atoms with van der Waals surface area (Å²) in [5.74, 6) is -0.0779. The molecule has 5 nitrogen and oxygen atoms in total. The van der Waals surface area contributed by atoms with Crippen molar-refractivity contribution in [2.75, 3.05) is 4.72 Å². The van der Waals surface area contributed by atoms with E-state index >= 15 is 0 Å². The van der Waals surface area contributed by atoms with E-state index in [2.05, 4.69) is 36.6 Å². The van der Waals surface area contributed by atoms with Gasteiger partial charge in [0.1, 0.15) is 0 Å². The van der Waals surface area contributed by atoms with Crippen LogP contribution in [-0.4, -0.2) is 25.3 Å². The van der Waals surface area contributed by atoms with Gasteiger partial charge in [-0.15, -0.1) is 0 Å². The lowest BCUT2D eigenvalue weighted by atomic mass is 9.94. The summed E-state index contributed by atoms with van der Waals surface area (Å²) in [4.78, 5) is 15.6. The maximum absolute atomic E-state index is 13.4. The van der Waals surface area contributed by atoms with E-state index in [1.807, 2.05) is 58.6 Å². The summed E-state index contributed by atoms with van der Waals surface area (Å²) < 4.78 is 31.5. The van der Waals surface area contributed by atoms with Gasteiger partial charge in [-0.25, -0.2) is 8.42 Å². The van der Waals surface area contributed by atoms with Crippen molar-refractivity contribution in [1.29, 1.82) is 0 Å². The Morgan fingerprint density at radius 1 is 0.833 bits per heavy atom. The van der Waals surface area contributed by atoms with Crippen LogP contribution in [0.15, 0.2) is 50.2 Å². The van der Waals surface area contributed by atoms with Crippen molar-refractivity contribution in [2.24, 2.45) is 0 Å². The fraction of sp³-hybridized carbons (Fsp3) is 0.321. The molecule has 1 aliphatic rings. The first-order chi connectivity index (χ1) is 16.8. The second kappa shape index (κ2) is 9.95. The minimum Gasteiger partial charge on any atom is -0.331 e. The zero-order valence-electron chi connectivity index (χ0n) is 21.3. The van der Waals surface area contributed by atoms with E-state index in [0.29, 0.717) is 22.7 Å². The van der Waals surface area contributed by atoms with E-state index in [0.717, 1.165) is 48.7 Å². The van der Waals surface area contributed by atoms with Gasteiger partial charge in [0, 0.05) is 32.8 Å². The molecule has 8 heteroatoms. The molecular formula is C28H30Br2N2O3S. The Labute approximate surface area is 230 Å². The lowest BCUT2D eigenvalue weighted by Gasteiger charge is -2.36. The van der Waals surface area contributed by atoms with Crippen LogP contribution in [0.1, 0.15) is 56.2 Å². The van der Waals surface area contributed by atoms with Crippen molar-refractivity contribution in [3.8, 4) is 0 Å². The zero-order chi connectivity index (χ0) is 26.5. The van der Waals surface area contributed by atoms with Gasteiger partial charge in [0.05, 0.1) is 4.90 Å². The summed E-state index contributed by atoms with van der Waals surface area (Å²) in [7, 11) is -3.80. The molecule has 0 radical (unpaired) electrons. The van der Waals surface area contributed by atoms with E-state index in [1.165, 1.54) is 5.56 Å². The van der Waals surface area contributed by atoms with Crippen LogP contribution in [0.25, 0.3) is 0 Å². The van der Waals surface area contributed by atoms with Gasteiger partial charge in [-0.1, -0.05) is 31.9 Å². The number of benzene rings is 3. The Morgan fingerprint density at radius 2 is 1.33 bits per heavy atom. The number of carbonyl (C=O) groups is 1. The molecule has 1 atom stereocenters. The van der Waals surface area contributed by atoms with Crippen LogP contribution in [0, 0.1) is 34.6 Å². The summed E-state index contributed by atoms with van der Waals surface area (Å²) in [6.07, 6.45) is 0.757. The van der Waals surface area contributed by atoms with E-state index in [9.17, 15) is 13.2 Å². The van der Waals surface area contributed by atoms with Crippen LogP contribution < -0.4 is 4.72 Å². The van der Waals surface area contributed by atoms with Crippen molar-refractivity contribution in [1.82, 2.24) is 4.90 Å². The average molecular weight is 634 g/mol. The largest absolute Gasteiger partial charge is 0.331 e. The molecule has 0 saturated carbocycles. The fourth-order valence-corrected chi connectivity index (χ4v) is 7.64. The smallest absolute Gasteiger partial charge is 0.262 e. The van der Waals surface area contributed by atoms with Crippen molar-refractivity contribution in [2.45, 2.75) is 65.4 Å². The molecule has 3 aromatic carbocycles. The Bertz CT molecular complexity index is 1450. The monoisotopic (exact) mass is 632 g/mol. The second-order valence-electron chi connectivity index (χ2n) is 9.61. The highest BCUT2D eigenvalue weighted by Crippen LogP contribution is 2.35. The van der Waals surface area contributed by atoms with Crippen LogP contribution in [-0.2, 0) is 23.0 Å².